The van der Waals surface area contributed by atoms with Gasteiger partial charge in [0, 0.05) is 27.6 Å². The SMILES string of the molecule is N#Cc1ccccc1-c1c(-c2cccc(-c3ccc(C(=O)O)cc3F)c2)[nH]c2ccc(F)cc12. The molecule has 0 saturated carbocycles. The van der Waals surface area contributed by atoms with Gasteiger partial charge < -0.3 is 10.1 Å². The van der Waals surface area contributed by atoms with Gasteiger partial charge in [-0.25, -0.2) is 13.6 Å². The standard InChI is InChI=1S/C28H16F2N2O2/c29-20-9-11-25-23(14-20)26(22-7-2-1-4-19(22)15-31)27(32-25)17-6-3-5-16(12-17)21-10-8-18(28(33)34)13-24(21)30/h1-14,32H,(H,33,34). The zero-order chi connectivity index (χ0) is 23.8. The van der Waals surface area contributed by atoms with Crippen molar-refractivity contribution in [3.63, 3.8) is 0 Å². The number of fused-ring (bicyclic) bond motifs is 1. The first kappa shape index (κ1) is 21.1. The predicted molar refractivity (Wildman–Crippen MR) is 126 cm³/mol. The molecule has 34 heavy (non-hydrogen) atoms. The van der Waals surface area contributed by atoms with Gasteiger partial charge in [-0.05, 0) is 53.6 Å². The number of nitrogens with one attached hydrogen (secondary N) is 1. The summed E-state index contributed by atoms with van der Waals surface area (Å²) in [5.41, 5.74) is 4.51. The number of hydrogen-bond donors (Lipinski definition) is 2. The average Bonchev–Trinajstić information content (AvgIpc) is 3.22. The maximum absolute atomic E-state index is 14.7. The van der Waals surface area contributed by atoms with E-state index in [-0.39, 0.29) is 11.1 Å². The van der Waals surface area contributed by atoms with E-state index in [1.807, 2.05) is 18.2 Å². The van der Waals surface area contributed by atoms with Gasteiger partial charge in [0.2, 0.25) is 0 Å². The first-order valence-corrected chi connectivity index (χ1v) is 10.4. The number of rotatable bonds is 4. The highest BCUT2D eigenvalue weighted by Crippen LogP contribution is 2.41. The zero-order valence-corrected chi connectivity index (χ0v) is 17.6. The molecule has 0 aliphatic rings. The van der Waals surface area contributed by atoms with Crippen molar-refractivity contribution in [2.45, 2.75) is 0 Å². The topological polar surface area (TPSA) is 76.9 Å². The third-order valence-corrected chi connectivity index (χ3v) is 5.76. The van der Waals surface area contributed by atoms with Crippen LogP contribution in [-0.2, 0) is 0 Å². The van der Waals surface area contributed by atoms with E-state index in [9.17, 15) is 18.8 Å². The molecular formula is C28H16F2N2O2. The van der Waals surface area contributed by atoms with Gasteiger partial charge in [-0.1, -0.05) is 42.5 Å². The molecule has 164 valence electrons. The number of H-pyrrole nitrogens is 1. The van der Waals surface area contributed by atoms with Crippen LogP contribution < -0.4 is 0 Å². The van der Waals surface area contributed by atoms with Crippen molar-refractivity contribution in [3.8, 4) is 39.6 Å². The fraction of sp³-hybridized carbons (Fsp3) is 0. The largest absolute Gasteiger partial charge is 0.478 e. The maximum Gasteiger partial charge on any atom is 0.335 e. The summed E-state index contributed by atoms with van der Waals surface area (Å²) in [5, 5.41) is 19.4. The van der Waals surface area contributed by atoms with Crippen molar-refractivity contribution in [2.75, 3.05) is 0 Å². The smallest absolute Gasteiger partial charge is 0.335 e. The molecule has 0 fully saturated rings. The Kier molecular flexibility index (Phi) is 5.15. The van der Waals surface area contributed by atoms with Crippen LogP contribution in [0.25, 0.3) is 44.4 Å². The van der Waals surface area contributed by atoms with E-state index in [1.165, 1.54) is 24.3 Å². The highest BCUT2D eigenvalue weighted by Gasteiger charge is 2.19. The van der Waals surface area contributed by atoms with Gasteiger partial charge in [-0.15, -0.1) is 0 Å². The number of halogens is 2. The molecule has 5 rings (SSSR count). The second-order valence-corrected chi connectivity index (χ2v) is 7.80. The van der Waals surface area contributed by atoms with Gasteiger partial charge in [-0.3, -0.25) is 0 Å². The minimum absolute atomic E-state index is 0.134. The Hall–Kier alpha value is -4.76. The van der Waals surface area contributed by atoms with Crippen LogP contribution >= 0.6 is 0 Å². The van der Waals surface area contributed by atoms with E-state index in [1.54, 1.807) is 36.4 Å². The number of aromatic amines is 1. The number of aromatic nitrogens is 1. The Bertz CT molecular complexity index is 1630. The van der Waals surface area contributed by atoms with Crippen molar-refractivity contribution in [3.05, 3.63) is 108 Å². The van der Waals surface area contributed by atoms with Crippen molar-refractivity contribution >= 4 is 16.9 Å². The van der Waals surface area contributed by atoms with Crippen LogP contribution in [0.15, 0.2) is 84.9 Å². The van der Waals surface area contributed by atoms with E-state index in [0.29, 0.717) is 44.4 Å². The van der Waals surface area contributed by atoms with Crippen molar-refractivity contribution in [1.29, 1.82) is 5.26 Å². The lowest BCUT2D eigenvalue weighted by molar-refractivity contribution is 0.0696. The molecule has 0 radical (unpaired) electrons. The second kappa shape index (κ2) is 8.30. The molecule has 1 aromatic heterocycles. The Morgan fingerprint density at radius 1 is 0.853 bits per heavy atom. The number of carboxylic acids is 1. The molecule has 1 heterocycles. The number of benzene rings is 4. The summed E-state index contributed by atoms with van der Waals surface area (Å²) in [5.74, 6) is -2.25. The molecule has 5 aromatic rings. The molecule has 0 spiro atoms. The van der Waals surface area contributed by atoms with Gasteiger partial charge in [0.05, 0.1) is 22.9 Å². The summed E-state index contributed by atoms with van der Waals surface area (Å²) >= 11 is 0. The summed E-state index contributed by atoms with van der Waals surface area (Å²) < 4.78 is 28.9. The van der Waals surface area contributed by atoms with Gasteiger partial charge in [0.25, 0.3) is 0 Å². The molecule has 0 unspecified atom stereocenters. The average molecular weight is 450 g/mol. The minimum atomic E-state index is -1.20. The van der Waals surface area contributed by atoms with Crippen molar-refractivity contribution in [2.24, 2.45) is 0 Å². The third kappa shape index (κ3) is 3.59. The molecule has 0 atom stereocenters. The predicted octanol–water partition coefficient (Wildman–Crippen LogP) is 7.02. The summed E-state index contributed by atoms with van der Waals surface area (Å²) in [6, 6.07) is 24.6. The number of nitriles is 1. The molecule has 0 saturated heterocycles. The zero-order valence-electron chi connectivity index (χ0n) is 17.6. The van der Waals surface area contributed by atoms with Crippen LogP contribution in [0.3, 0.4) is 0 Å². The number of carbonyl (C=O) groups is 1. The number of nitrogens with zero attached hydrogens (tertiary/aromatic N) is 1. The second-order valence-electron chi connectivity index (χ2n) is 7.80. The molecule has 0 bridgehead atoms. The molecule has 4 aromatic carbocycles. The Labute approximate surface area is 193 Å². The monoisotopic (exact) mass is 450 g/mol. The fourth-order valence-corrected chi connectivity index (χ4v) is 4.18. The molecule has 0 aliphatic heterocycles. The maximum atomic E-state index is 14.7. The Morgan fingerprint density at radius 2 is 1.65 bits per heavy atom. The Morgan fingerprint density at radius 3 is 2.41 bits per heavy atom. The Balaban J connectivity index is 1.74. The van der Waals surface area contributed by atoms with Crippen LogP contribution in [-0.4, -0.2) is 16.1 Å². The van der Waals surface area contributed by atoms with Crippen molar-refractivity contribution < 1.29 is 18.7 Å². The first-order chi connectivity index (χ1) is 16.5. The summed E-state index contributed by atoms with van der Waals surface area (Å²) in [6.07, 6.45) is 0. The van der Waals surface area contributed by atoms with E-state index < -0.39 is 17.6 Å². The van der Waals surface area contributed by atoms with Crippen LogP contribution in [0.5, 0.6) is 0 Å². The third-order valence-electron chi connectivity index (χ3n) is 5.76. The highest BCUT2D eigenvalue weighted by molar-refractivity contribution is 6.05. The number of aromatic carboxylic acids is 1. The summed E-state index contributed by atoms with van der Waals surface area (Å²) in [7, 11) is 0. The lowest BCUT2D eigenvalue weighted by atomic mass is 9.93. The van der Waals surface area contributed by atoms with E-state index in [4.69, 9.17) is 5.11 Å². The normalized spacial score (nSPS) is 10.9. The summed E-state index contributed by atoms with van der Waals surface area (Å²) in [4.78, 5) is 14.5. The fourth-order valence-electron chi connectivity index (χ4n) is 4.18. The number of hydrogen-bond acceptors (Lipinski definition) is 2. The molecular weight excluding hydrogens is 434 g/mol. The quantitative estimate of drug-likeness (QED) is 0.309. The lowest BCUT2D eigenvalue weighted by Gasteiger charge is -2.10. The van der Waals surface area contributed by atoms with Gasteiger partial charge in [0.15, 0.2) is 0 Å². The van der Waals surface area contributed by atoms with E-state index in [0.717, 1.165) is 6.07 Å². The van der Waals surface area contributed by atoms with Gasteiger partial charge in [-0.2, -0.15) is 5.26 Å². The lowest BCUT2D eigenvalue weighted by Crippen LogP contribution is -1.97. The first-order valence-electron chi connectivity index (χ1n) is 10.4. The van der Waals surface area contributed by atoms with E-state index >= 15 is 0 Å². The molecule has 4 nitrogen and oxygen atoms in total. The molecule has 0 amide bonds. The van der Waals surface area contributed by atoms with Gasteiger partial charge in [0.1, 0.15) is 11.6 Å². The summed E-state index contributed by atoms with van der Waals surface area (Å²) in [6.45, 7) is 0. The number of carboxylic acid groups (broad SMARTS) is 1. The highest BCUT2D eigenvalue weighted by atomic mass is 19.1. The molecule has 6 heteroatoms. The van der Waals surface area contributed by atoms with Crippen LogP contribution in [0.1, 0.15) is 15.9 Å². The molecule has 0 aliphatic carbocycles. The van der Waals surface area contributed by atoms with Crippen molar-refractivity contribution in [1.82, 2.24) is 4.98 Å². The van der Waals surface area contributed by atoms with Crippen LogP contribution in [0.2, 0.25) is 0 Å². The van der Waals surface area contributed by atoms with E-state index in [2.05, 4.69) is 11.1 Å². The molecule has 2 N–H and O–H groups in total. The van der Waals surface area contributed by atoms with Crippen LogP contribution in [0.4, 0.5) is 8.78 Å². The minimum Gasteiger partial charge on any atom is -0.478 e. The van der Waals surface area contributed by atoms with Crippen LogP contribution in [0, 0.1) is 23.0 Å². The van der Waals surface area contributed by atoms with Gasteiger partial charge >= 0.3 is 5.97 Å².